The van der Waals surface area contributed by atoms with Gasteiger partial charge in [0.2, 0.25) is 0 Å². The van der Waals surface area contributed by atoms with Gasteiger partial charge in [0.25, 0.3) is 0 Å². The van der Waals surface area contributed by atoms with Crippen molar-refractivity contribution >= 4 is 23.1 Å². The third-order valence-electron chi connectivity index (χ3n) is 4.64. The van der Waals surface area contributed by atoms with E-state index in [2.05, 4.69) is 16.8 Å². The minimum Gasteiger partial charge on any atom is -0.462 e. The number of carbonyl (C=O) groups is 2. The van der Waals surface area contributed by atoms with Crippen LogP contribution in [0.2, 0.25) is 0 Å². The quantitative estimate of drug-likeness (QED) is 0.794. The summed E-state index contributed by atoms with van der Waals surface area (Å²) >= 11 is 0. The number of carbonyl (C=O) groups excluding carboxylic acids is 2. The first-order valence-corrected chi connectivity index (χ1v) is 8.82. The number of rotatable bonds is 4. The zero-order valence-corrected chi connectivity index (χ0v) is 14.8. The van der Waals surface area contributed by atoms with E-state index in [9.17, 15) is 9.59 Å². The van der Waals surface area contributed by atoms with E-state index in [1.807, 2.05) is 29.0 Å². The number of allylic oxidation sites excluding steroid dienone is 2. The predicted octanol–water partition coefficient (Wildman–Crippen LogP) is 2.61. The molecule has 2 aromatic heterocycles. The van der Waals surface area contributed by atoms with Crippen molar-refractivity contribution in [2.24, 2.45) is 0 Å². The molecule has 2 aliphatic heterocycles. The average Bonchev–Trinajstić information content (AvgIpc) is 3.12. The number of ether oxygens (including phenoxy) is 2. The van der Waals surface area contributed by atoms with Crippen LogP contribution >= 0.6 is 0 Å². The Bertz CT molecular complexity index is 886. The van der Waals surface area contributed by atoms with E-state index in [-0.39, 0.29) is 11.9 Å². The highest BCUT2D eigenvalue weighted by Gasteiger charge is 2.29. The molecule has 0 aromatic carbocycles. The number of hydrogen-bond donors (Lipinski definition) is 0. The van der Waals surface area contributed by atoms with Gasteiger partial charge in [-0.25, -0.2) is 14.3 Å². The summed E-state index contributed by atoms with van der Waals surface area (Å²) in [4.78, 5) is 25.0. The molecule has 134 valence electrons. The van der Waals surface area contributed by atoms with Gasteiger partial charge in [-0.2, -0.15) is 0 Å². The summed E-state index contributed by atoms with van der Waals surface area (Å²) in [6.07, 6.45) is 5.02. The van der Waals surface area contributed by atoms with E-state index in [0.29, 0.717) is 48.6 Å². The number of nitrogens with zero attached hydrogens (tertiary/aromatic N) is 2. The SMILES string of the molecule is CCOC(=O)C1=CCc2ccc3n2-n2c1ccc2C(C(=O)OCC)=CC3. The van der Waals surface area contributed by atoms with Gasteiger partial charge in [-0.3, -0.25) is 4.68 Å². The Morgan fingerprint density at radius 1 is 0.808 bits per heavy atom. The molecule has 0 fully saturated rings. The molecule has 0 N–H and O–H groups in total. The minimum absolute atomic E-state index is 0.315. The highest BCUT2D eigenvalue weighted by atomic mass is 16.5. The standard InChI is InChI=1S/C20H20N2O4/c1-3-25-19(23)15-9-7-13-5-6-14-8-10-16(20(24)26-4-2)18-12-11-17(15)22(18)21(13)14/h5-6,9-12H,3-4,7-8H2,1-2H3. The third-order valence-corrected chi connectivity index (χ3v) is 4.64. The Kier molecular flexibility index (Phi) is 4.03. The molecule has 0 amide bonds. The van der Waals surface area contributed by atoms with Crippen LogP contribution in [0.5, 0.6) is 0 Å². The average molecular weight is 352 g/mol. The zero-order chi connectivity index (χ0) is 18.3. The summed E-state index contributed by atoms with van der Waals surface area (Å²) < 4.78 is 14.5. The van der Waals surface area contributed by atoms with Crippen LogP contribution in [0.15, 0.2) is 36.4 Å². The second kappa shape index (κ2) is 6.37. The van der Waals surface area contributed by atoms with Crippen LogP contribution < -0.4 is 0 Å². The minimum atomic E-state index is -0.355. The smallest absolute Gasteiger partial charge is 0.340 e. The second-order valence-electron chi connectivity index (χ2n) is 6.13. The lowest BCUT2D eigenvalue weighted by atomic mass is 10.1. The fourth-order valence-electron chi connectivity index (χ4n) is 3.55. The molecule has 4 rings (SSSR count). The summed E-state index contributed by atoms with van der Waals surface area (Å²) in [7, 11) is 0. The Labute approximate surface area is 151 Å². The number of esters is 2. The maximum atomic E-state index is 12.5. The lowest BCUT2D eigenvalue weighted by Gasteiger charge is -2.17. The van der Waals surface area contributed by atoms with Crippen LogP contribution in [0.25, 0.3) is 11.1 Å². The Morgan fingerprint density at radius 3 is 1.69 bits per heavy atom. The largest absolute Gasteiger partial charge is 0.462 e. The van der Waals surface area contributed by atoms with Crippen LogP contribution in [0.4, 0.5) is 0 Å². The molecule has 4 heterocycles. The van der Waals surface area contributed by atoms with Crippen molar-refractivity contribution in [2.45, 2.75) is 26.7 Å². The first-order chi connectivity index (χ1) is 12.7. The summed E-state index contributed by atoms with van der Waals surface area (Å²) in [6.45, 7) is 4.21. The lowest BCUT2D eigenvalue weighted by Crippen LogP contribution is -2.19. The molecule has 0 spiro atoms. The van der Waals surface area contributed by atoms with E-state index >= 15 is 0 Å². The lowest BCUT2D eigenvalue weighted by molar-refractivity contribution is -0.136. The molecule has 0 atom stereocenters. The monoisotopic (exact) mass is 352 g/mol. The maximum Gasteiger partial charge on any atom is 0.340 e. The molecule has 0 saturated heterocycles. The molecule has 2 aromatic rings. The molecule has 0 radical (unpaired) electrons. The fraction of sp³-hybridized carbons (Fsp3) is 0.300. The van der Waals surface area contributed by atoms with Crippen LogP contribution in [0.1, 0.15) is 36.6 Å². The second-order valence-corrected chi connectivity index (χ2v) is 6.13. The van der Waals surface area contributed by atoms with E-state index in [1.165, 1.54) is 0 Å². The van der Waals surface area contributed by atoms with Gasteiger partial charge in [0, 0.05) is 24.2 Å². The number of aromatic nitrogens is 2. The van der Waals surface area contributed by atoms with Crippen molar-refractivity contribution in [3.05, 3.63) is 59.2 Å². The van der Waals surface area contributed by atoms with E-state index in [4.69, 9.17) is 9.47 Å². The van der Waals surface area contributed by atoms with Crippen molar-refractivity contribution in [1.82, 2.24) is 9.35 Å². The van der Waals surface area contributed by atoms with Gasteiger partial charge in [0.15, 0.2) is 0 Å². The van der Waals surface area contributed by atoms with Gasteiger partial charge in [-0.15, -0.1) is 0 Å². The molecule has 26 heavy (non-hydrogen) atoms. The maximum absolute atomic E-state index is 12.5. The summed E-state index contributed by atoms with van der Waals surface area (Å²) in [5.74, 6) is -0.710. The van der Waals surface area contributed by atoms with Gasteiger partial charge in [-0.1, -0.05) is 12.2 Å². The summed E-state index contributed by atoms with van der Waals surface area (Å²) in [5, 5.41) is 0. The first-order valence-electron chi connectivity index (χ1n) is 8.82. The third kappa shape index (κ3) is 2.41. The van der Waals surface area contributed by atoms with Gasteiger partial charge in [0.05, 0.1) is 35.7 Å². The number of hydrogen-bond acceptors (Lipinski definition) is 4. The van der Waals surface area contributed by atoms with E-state index < -0.39 is 0 Å². The summed E-state index contributed by atoms with van der Waals surface area (Å²) in [5.41, 5.74) is 4.56. The van der Waals surface area contributed by atoms with Gasteiger partial charge >= 0.3 is 11.9 Å². The predicted molar refractivity (Wildman–Crippen MR) is 96.3 cm³/mol. The van der Waals surface area contributed by atoms with E-state index in [1.54, 1.807) is 13.8 Å². The molecule has 0 unspecified atom stereocenters. The molecular weight excluding hydrogens is 332 g/mol. The van der Waals surface area contributed by atoms with Crippen molar-refractivity contribution < 1.29 is 19.1 Å². The first kappa shape index (κ1) is 16.4. The topological polar surface area (TPSA) is 62.5 Å². The Balaban J connectivity index is 1.93. The molecule has 0 saturated carbocycles. The van der Waals surface area contributed by atoms with E-state index in [0.717, 1.165) is 11.4 Å². The van der Waals surface area contributed by atoms with Crippen LogP contribution in [-0.2, 0) is 31.9 Å². The molecule has 2 aliphatic rings. The molecule has 6 nitrogen and oxygen atoms in total. The summed E-state index contributed by atoms with van der Waals surface area (Å²) in [6, 6.07) is 7.82. The molecule has 0 bridgehead atoms. The highest BCUT2D eigenvalue weighted by molar-refractivity contribution is 6.18. The Hall–Kier alpha value is -3.02. The van der Waals surface area contributed by atoms with Crippen molar-refractivity contribution in [3.63, 3.8) is 0 Å². The highest BCUT2D eigenvalue weighted by Crippen LogP contribution is 2.32. The molecule has 0 aliphatic carbocycles. The fourth-order valence-corrected chi connectivity index (χ4v) is 3.55. The van der Waals surface area contributed by atoms with Crippen molar-refractivity contribution in [3.8, 4) is 0 Å². The zero-order valence-electron chi connectivity index (χ0n) is 14.8. The van der Waals surface area contributed by atoms with Crippen LogP contribution in [0, 0.1) is 0 Å². The molecule has 6 heteroatoms. The normalized spacial score (nSPS) is 14.5. The molecular formula is C20H20N2O4. The van der Waals surface area contributed by atoms with Gasteiger partial charge < -0.3 is 9.47 Å². The van der Waals surface area contributed by atoms with Crippen LogP contribution in [-0.4, -0.2) is 34.5 Å². The van der Waals surface area contributed by atoms with Crippen molar-refractivity contribution in [2.75, 3.05) is 13.2 Å². The Morgan fingerprint density at radius 2 is 1.27 bits per heavy atom. The van der Waals surface area contributed by atoms with Crippen molar-refractivity contribution in [1.29, 1.82) is 0 Å². The van der Waals surface area contributed by atoms with Gasteiger partial charge in [-0.05, 0) is 38.1 Å². The van der Waals surface area contributed by atoms with Gasteiger partial charge in [0.1, 0.15) is 0 Å². The van der Waals surface area contributed by atoms with Crippen LogP contribution in [0.3, 0.4) is 0 Å².